The molecule has 1 saturated heterocycles. The molecule has 136 valence electrons. The van der Waals surface area contributed by atoms with Crippen molar-refractivity contribution in [1.29, 1.82) is 0 Å². The molecule has 1 heterocycles. The zero-order valence-corrected chi connectivity index (χ0v) is 13.1. The van der Waals surface area contributed by atoms with Crippen LogP contribution >= 0.6 is 0 Å². The van der Waals surface area contributed by atoms with Crippen LogP contribution in [0.25, 0.3) is 0 Å². The minimum absolute atomic E-state index is 0.299. The maximum absolute atomic E-state index is 11.1. The summed E-state index contributed by atoms with van der Waals surface area (Å²) in [6.45, 7) is 0.858. The Morgan fingerprint density at radius 3 is 1.88 bits per heavy atom. The van der Waals surface area contributed by atoms with Crippen LogP contribution < -0.4 is 5.73 Å². The first-order chi connectivity index (χ1) is 11.1. The van der Waals surface area contributed by atoms with Crippen molar-refractivity contribution >= 4 is 23.9 Å². The highest BCUT2D eigenvalue weighted by Gasteiger charge is 2.46. The third-order valence-corrected chi connectivity index (χ3v) is 3.95. The fourth-order valence-corrected chi connectivity index (χ4v) is 2.95. The summed E-state index contributed by atoms with van der Waals surface area (Å²) < 4.78 is 10.4. The van der Waals surface area contributed by atoms with Gasteiger partial charge >= 0.3 is 23.9 Å². The molecular formula is C14H21NO9. The molecule has 0 aromatic carbocycles. The molecule has 10 heteroatoms. The molecule has 10 nitrogen and oxygen atoms in total. The summed E-state index contributed by atoms with van der Waals surface area (Å²) in [6, 6.07) is -0.963. The van der Waals surface area contributed by atoms with E-state index in [-0.39, 0.29) is 6.61 Å². The first kappa shape index (κ1) is 19.8. The second-order valence-electron chi connectivity index (χ2n) is 5.71. The number of ether oxygens (including phenoxy) is 2. The van der Waals surface area contributed by atoms with Gasteiger partial charge in [-0.1, -0.05) is 0 Å². The van der Waals surface area contributed by atoms with Crippen LogP contribution in [0.4, 0.5) is 0 Å². The molecule has 0 bridgehead atoms. The smallest absolute Gasteiger partial charge is 0.306 e. The van der Waals surface area contributed by atoms with E-state index < -0.39 is 73.2 Å². The molecule has 0 saturated carbocycles. The zero-order chi connectivity index (χ0) is 18.4. The Labute approximate surface area is 137 Å². The minimum atomic E-state index is -1.19. The van der Waals surface area contributed by atoms with Gasteiger partial charge in [0.1, 0.15) is 6.61 Å². The van der Waals surface area contributed by atoms with Gasteiger partial charge in [-0.15, -0.1) is 0 Å². The molecule has 1 rings (SSSR count). The standard InChI is InChI=1S/C14H21NO9/c1-6(16)23-5-10-7(2-11(17)18)8(3-12(19)20)14(15)9(24-10)4-13(21)22/h7-10,14H,2-5,15H2,1H3,(H,17,18)(H,19,20)(H,21,22)/t7-,8-,9?,10+,14-/m1/s1. The van der Waals surface area contributed by atoms with Crippen LogP contribution in [0.1, 0.15) is 26.2 Å². The van der Waals surface area contributed by atoms with Crippen LogP contribution in [0.2, 0.25) is 0 Å². The van der Waals surface area contributed by atoms with Crippen LogP contribution in [0.3, 0.4) is 0 Å². The maximum Gasteiger partial charge on any atom is 0.306 e. The van der Waals surface area contributed by atoms with E-state index >= 15 is 0 Å². The number of rotatable bonds is 8. The number of aliphatic carboxylic acids is 3. The summed E-state index contributed by atoms with van der Waals surface area (Å²) in [5.74, 6) is -5.82. The average molecular weight is 347 g/mol. The molecule has 1 aliphatic rings. The van der Waals surface area contributed by atoms with Gasteiger partial charge in [0, 0.05) is 18.9 Å². The first-order valence-corrected chi connectivity index (χ1v) is 7.31. The van der Waals surface area contributed by atoms with Gasteiger partial charge in [-0.25, -0.2) is 0 Å². The number of carboxylic acid groups (broad SMARTS) is 3. The summed E-state index contributed by atoms with van der Waals surface area (Å²) in [5.41, 5.74) is 5.95. The molecular weight excluding hydrogens is 326 g/mol. The van der Waals surface area contributed by atoms with Gasteiger partial charge in [0.2, 0.25) is 0 Å². The van der Waals surface area contributed by atoms with E-state index in [0.29, 0.717) is 0 Å². The van der Waals surface area contributed by atoms with E-state index in [1.165, 1.54) is 0 Å². The molecule has 1 aliphatic heterocycles. The van der Waals surface area contributed by atoms with Crippen LogP contribution in [-0.2, 0) is 28.7 Å². The summed E-state index contributed by atoms with van der Waals surface area (Å²) >= 11 is 0. The van der Waals surface area contributed by atoms with E-state index in [2.05, 4.69) is 0 Å². The van der Waals surface area contributed by atoms with Crippen molar-refractivity contribution < 1.29 is 44.0 Å². The fourth-order valence-electron chi connectivity index (χ4n) is 2.95. The first-order valence-electron chi connectivity index (χ1n) is 7.31. The van der Waals surface area contributed by atoms with E-state index in [1.54, 1.807) is 0 Å². The highest BCUT2D eigenvalue weighted by Crippen LogP contribution is 2.36. The topological polar surface area (TPSA) is 173 Å². The molecule has 0 spiro atoms. The average Bonchev–Trinajstić information content (AvgIpc) is 2.42. The molecule has 0 aromatic heterocycles. The number of esters is 1. The number of carbonyl (C=O) groups excluding carboxylic acids is 1. The molecule has 1 unspecified atom stereocenters. The van der Waals surface area contributed by atoms with Crippen molar-refractivity contribution in [3.63, 3.8) is 0 Å². The normalized spacial score (nSPS) is 29.7. The van der Waals surface area contributed by atoms with Crippen molar-refractivity contribution in [1.82, 2.24) is 0 Å². The highest BCUT2D eigenvalue weighted by atomic mass is 16.6. The lowest BCUT2D eigenvalue weighted by molar-refractivity contribution is -0.177. The van der Waals surface area contributed by atoms with Crippen molar-refractivity contribution in [2.45, 2.75) is 44.4 Å². The SMILES string of the molecule is CC(=O)OC[C@@H]1OC(CC(=O)O)[C@H](N)[C@H](CC(=O)O)[C@H]1CC(=O)O. The van der Waals surface area contributed by atoms with Crippen molar-refractivity contribution in [2.24, 2.45) is 17.6 Å². The van der Waals surface area contributed by atoms with E-state index in [4.69, 9.17) is 30.5 Å². The molecule has 0 aromatic rings. The molecule has 5 atom stereocenters. The van der Waals surface area contributed by atoms with E-state index in [0.717, 1.165) is 6.92 Å². The fraction of sp³-hybridized carbons (Fsp3) is 0.714. The number of hydrogen-bond donors (Lipinski definition) is 4. The van der Waals surface area contributed by atoms with Gasteiger partial charge in [-0.05, 0) is 5.92 Å². The lowest BCUT2D eigenvalue weighted by Crippen LogP contribution is -2.57. The number of nitrogens with two attached hydrogens (primary N) is 1. The summed E-state index contributed by atoms with van der Waals surface area (Å²) in [7, 11) is 0. The molecule has 0 amide bonds. The Bertz CT molecular complexity index is 490. The largest absolute Gasteiger partial charge is 0.481 e. The second kappa shape index (κ2) is 8.60. The van der Waals surface area contributed by atoms with Crippen LogP contribution in [0.15, 0.2) is 0 Å². The Kier molecular flexibility index (Phi) is 7.11. The Morgan fingerprint density at radius 2 is 1.42 bits per heavy atom. The van der Waals surface area contributed by atoms with E-state index in [9.17, 15) is 19.2 Å². The lowest BCUT2D eigenvalue weighted by atomic mass is 9.74. The predicted molar refractivity (Wildman–Crippen MR) is 77.0 cm³/mol. The molecule has 24 heavy (non-hydrogen) atoms. The third kappa shape index (κ3) is 5.78. The molecule has 1 fully saturated rings. The summed E-state index contributed by atoms with van der Waals surface area (Å²) in [4.78, 5) is 44.1. The number of hydrogen-bond acceptors (Lipinski definition) is 7. The van der Waals surface area contributed by atoms with Crippen molar-refractivity contribution in [3.05, 3.63) is 0 Å². The Hall–Kier alpha value is -2.20. The van der Waals surface area contributed by atoms with Crippen LogP contribution in [-0.4, -0.2) is 64.1 Å². The maximum atomic E-state index is 11.1. The number of carbonyl (C=O) groups is 4. The number of carboxylic acids is 3. The van der Waals surface area contributed by atoms with Gasteiger partial charge in [0.25, 0.3) is 0 Å². The lowest BCUT2D eigenvalue weighted by Gasteiger charge is -2.44. The Balaban J connectivity index is 3.08. The van der Waals surface area contributed by atoms with Crippen molar-refractivity contribution in [3.8, 4) is 0 Å². The van der Waals surface area contributed by atoms with Gasteiger partial charge in [-0.3, -0.25) is 19.2 Å². The minimum Gasteiger partial charge on any atom is -0.481 e. The predicted octanol–water partition coefficient (Wildman–Crippen LogP) is -0.699. The summed E-state index contributed by atoms with van der Waals surface area (Å²) in [6.07, 6.45) is -3.28. The quantitative estimate of drug-likeness (QED) is 0.411. The molecule has 0 aliphatic carbocycles. The van der Waals surface area contributed by atoms with Crippen LogP contribution in [0.5, 0.6) is 0 Å². The van der Waals surface area contributed by atoms with Gasteiger partial charge in [0.15, 0.2) is 0 Å². The highest BCUT2D eigenvalue weighted by molar-refractivity contribution is 5.70. The van der Waals surface area contributed by atoms with E-state index in [1.807, 2.05) is 0 Å². The van der Waals surface area contributed by atoms with Gasteiger partial charge < -0.3 is 30.5 Å². The monoisotopic (exact) mass is 347 g/mol. The van der Waals surface area contributed by atoms with Gasteiger partial charge in [0.05, 0.1) is 31.5 Å². The zero-order valence-electron chi connectivity index (χ0n) is 13.1. The summed E-state index contributed by atoms with van der Waals surface area (Å²) in [5, 5.41) is 27.1. The van der Waals surface area contributed by atoms with Crippen molar-refractivity contribution in [2.75, 3.05) is 6.61 Å². The molecule has 5 N–H and O–H groups in total. The molecule has 0 radical (unpaired) electrons. The second-order valence-corrected chi connectivity index (χ2v) is 5.71. The Morgan fingerprint density at radius 1 is 0.917 bits per heavy atom. The third-order valence-electron chi connectivity index (χ3n) is 3.95. The van der Waals surface area contributed by atoms with Gasteiger partial charge in [-0.2, -0.15) is 0 Å². The van der Waals surface area contributed by atoms with Crippen LogP contribution in [0, 0.1) is 11.8 Å².